The van der Waals surface area contributed by atoms with Crippen LogP contribution in [0.25, 0.3) is 11.0 Å². The molecular formula is C25H38N4O3. The fourth-order valence-corrected chi connectivity index (χ4v) is 3.99. The summed E-state index contributed by atoms with van der Waals surface area (Å²) in [5.41, 5.74) is 2.62. The largest absolute Gasteiger partial charge is 0.444 e. The van der Waals surface area contributed by atoms with Gasteiger partial charge >= 0.3 is 6.09 Å². The third kappa shape index (κ3) is 7.05. The van der Waals surface area contributed by atoms with Gasteiger partial charge < -0.3 is 19.3 Å². The van der Waals surface area contributed by atoms with E-state index in [4.69, 9.17) is 14.5 Å². The minimum atomic E-state index is -0.446. The first-order chi connectivity index (χ1) is 15.2. The van der Waals surface area contributed by atoms with Gasteiger partial charge in [0.2, 0.25) is 0 Å². The van der Waals surface area contributed by atoms with Crippen molar-refractivity contribution >= 4 is 22.8 Å². The van der Waals surface area contributed by atoms with E-state index in [1.54, 1.807) is 11.1 Å². The summed E-state index contributed by atoms with van der Waals surface area (Å²) in [6.45, 7) is 8.65. The smallest absolute Gasteiger partial charge is 0.410 e. The molecule has 7 heteroatoms. The minimum Gasteiger partial charge on any atom is -0.444 e. The zero-order valence-electron chi connectivity index (χ0n) is 20.3. The second kappa shape index (κ2) is 10.9. The van der Waals surface area contributed by atoms with Crippen molar-refractivity contribution in [2.24, 2.45) is 5.92 Å². The van der Waals surface area contributed by atoms with Gasteiger partial charge in [-0.05, 0) is 64.7 Å². The molecule has 0 aromatic carbocycles. The van der Waals surface area contributed by atoms with Crippen molar-refractivity contribution < 1.29 is 14.3 Å². The van der Waals surface area contributed by atoms with Crippen LogP contribution < -0.4 is 4.90 Å². The lowest BCUT2D eigenvalue weighted by molar-refractivity contribution is 0.0274. The fraction of sp³-hybridized carbons (Fsp3) is 0.640. The van der Waals surface area contributed by atoms with Gasteiger partial charge in [-0.3, -0.25) is 0 Å². The molecule has 3 heterocycles. The molecule has 1 unspecified atom stereocenters. The summed E-state index contributed by atoms with van der Waals surface area (Å²) in [5, 5.41) is 1.09. The molecule has 1 saturated heterocycles. The Bertz CT molecular complexity index is 894. The normalized spacial score (nSPS) is 16.5. The topological polar surface area (TPSA) is 67.8 Å². The summed E-state index contributed by atoms with van der Waals surface area (Å²) in [5.74, 6) is 0.404. The number of hydrogen-bond donors (Lipinski definition) is 0. The van der Waals surface area contributed by atoms with E-state index < -0.39 is 5.60 Å². The highest BCUT2D eigenvalue weighted by Crippen LogP contribution is 2.25. The average molecular weight is 443 g/mol. The van der Waals surface area contributed by atoms with E-state index in [0.717, 1.165) is 68.5 Å². The van der Waals surface area contributed by atoms with Crippen LogP contribution in [-0.2, 0) is 15.9 Å². The number of unbranched alkanes of at least 4 members (excludes halogenated alkanes) is 2. The SMILES string of the molecule is CN(C)c1cc(CCCCCOCC2CCN(C(=O)OC(C)(C)C)C2)nc2ncccc12. The number of hydrogen-bond acceptors (Lipinski definition) is 6. The maximum atomic E-state index is 12.2. The van der Waals surface area contributed by atoms with Crippen molar-refractivity contribution in [3.05, 3.63) is 30.1 Å². The van der Waals surface area contributed by atoms with E-state index in [1.807, 2.05) is 26.8 Å². The first-order valence-electron chi connectivity index (χ1n) is 11.7. The zero-order valence-corrected chi connectivity index (χ0v) is 20.3. The van der Waals surface area contributed by atoms with Gasteiger partial charge in [0.25, 0.3) is 0 Å². The third-order valence-corrected chi connectivity index (χ3v) is 5.61. The Labute approximate surface area is 192 Å². The molecule has 1 aliphatic rings. The van der Waals surface area contributed by atoms with Gasteiger partial charge in [-0.2, -0.15) is 0 Å². The van der Waals surface area contributed by atoms with E-state index in [0.29, 0.717) is 12.5 Å². The van der Waals surface area contributed by atoms with Crippen molar-refractivity contribution in [1.82, 2.24) is 14.9 Å². The Morgan fingerprint density at radius 1 is 1.25 bits per heavy atom. The number of ether oxygens (including phenoxy) is 2. The van der Waals surface area contributed by atoms with Crippen LogP contribution >= 0.6 is 0 Å². The Morgan fingerprint density at radius 3 is 2.81 bits per heavy atom. The number of likely N-dealkylation sites (tertiary alicyclic amines) is 1. The van der Waals surface area contributed by atoms with Crippen molar-refractivity contribution in [3.8, 4) is 0 Å². The summed E-state index contributed by atoms with van der Waals surface area (Å²) in [4.78, 5) is 25.2. The second-order valence-electron chi connectivity index (χ2n) is 9.87. The number of pyridine rings is 2. The Balaban J connectivity index is 1.33. The quantitative estimate of drug-likeness (QED) is 0.525. The number of anilines is 1. The van der Waals surface area contributed by atoms with Crippen LogP contribution in [0, 0.1) is 5.92 Å². The Hall–Kier alpha value is -2.41. The number of aryl methyl sites for hydroxylation is 1. The molecule has 0 N–H and O–H groups in total. The van der Waals surface area contributed by atoms with Crippen LogP contribution in [0.15, 0.2) is 24.4 Å². The molecule has 176 valence electrons. The number of aromatic nitrogens is 2. The summed E-state index contributed by atoms with van der Waals surface area (Å²) < 4.78 is 11.4. The summed E-state index contributed by atoms with van der Waals surface area (Å²) in [6, 6.07) is 6.21. The first-order valence-corrected chi connectivity index (χ1v) is 11.7. The van der Waals surface area contributed by atoms with Gasteiger partial charge in [-0.1, -0.05) is 6.42 Å². The second-order valence-corrected chi connectivity index (χ2v) is 9.87. The van der Waals surface area contributed by atoms with E-state index in [2.05, 4.69) is 36.1 Å². The fourth-order valence-electron chi connectivity index (χ4n) is 3.99. The van der Waals surface area contributed by atoms with E-state index >= 15 is 0 Å². The molecule has 0 saturated carbocycles. The summed E-state index contributed by atoms with van der Waals surface area (Å²) in [7, 11) is 4.11. The molecule has 1 amide bonds. The number of carbonyl (C=O) groups is 1. The predicted molar refractivity (Wildman–Crippen MR) is 128 cm³/mol. The van der Waals surface area contributed by atoms with Gasteiger partial charge in [-0.25, -0.2) is 14.8 Å². The maximum Gasteiger partial charge on any atom is 0.410 e. The molecule has 32 heavy (non-hydrogen) atoms. The first kappa shape index (κ1) is 24.2. The number of nitrogens with zero attached hydrogens (tertiary/aromatic N) is 4. The summed E-state index contributed by atoms with van der Waals surface area (Å²) in [6.07, 6.45) is 6.73. The van der Waals surface area contributed by atoms with Crippen LogP contribution in [-0.4, -0.2) is 67.0 Å². The molecule has 0 radical (unpaired) electrons. The molecule has 3 rings (SSSR count). The maximum absolute atomic E-state index is 12.2. The minimum absolute atomic E-state index is 0.213. The van der Waals surface area contributed by atoms with Gasteiger partial charge in [0.15, 0.2) is 5.65 Å². The molecule has 1 fully saturated rings. The Morgan fingerprint density at radius 2 is 2.06 bits per heavy atom. The lowest BCUT2D eigenvalue weighted by atomic mass is 10.1. The monoisotopic (exact) mass is 442 g/mol. The molecule has 0 bridgehead atoms. The van der Waals surface area contributed by atoms with Crippen LogP contribution in [0.4, 0.5) is 10.5 Å². The van der Waals surface area contributed by atoms with Gasteiger partial charge in [-0.15, -0.1) is 0 Å². The van der Waals surface area contributed by atoms with Crippen LogP contribution in [0.2, 0.25) is 0 Å². The molecule has 2 aromatic rings. The zero-order chi connectivity index (χ0) is 23.1. The van der Waals surface area contributed by atoms with Gasteiger partial charge in [0.05, 0.1) is 6.61 Å². The van der Waals surface area contributed by atoms with Crippen molar-refractivity contribution in [2.75, 3.05) is 45.3 Å². The van der Waals surface area contributed by atoms with Gasteiger partial charge in [0.1, 0.15) is 5.60 Å². The number of rotatable bonds is 9. The van der Waals surface area contributed by atoms with Crippen molar-refractivity contribution in [1.29, 1.82) is 0 Å². The number of amides is 1. The lowest BCUT2D eigenvalue weighted by Gasteiger charge is -2.24. The molecular weight excluding hydrogens is 404 g/mol. The molecule has 1 atom stereocenters. The molecule has 7 nitrogen and oxygen atoms in total. The standard InChI is InChI=1S/C25H38N4O3/c1-25(2,3)32-24(30)29-14-12-19(17-29)18-31-15-8-6-7-10-20-16-22(28(4)5)21-11-9-13-26-23(21)27-20/h9,11,13,16,19H,6-8,10,12,14-15,17-18H2,1-5H3. The third-order valence-electron chi connectivity index (χ3n) is 5.61. The van der Waals surface area contributed by atoms with E-state index in [-0.39, 0.29) is 6.09 Å². The van der Waals surface area contributed by atoms with Gasteiger partial charge in [0, 0.05) is 62.7 Å². The lowest BCUT2D eigenvalue weighted by Crippen LogP contribution is -2.35. The predicted octanol–water partition coefficient (Wildman–Crippen LogP) is 4.68. The number of fused-ring (bicyclic) bond motifs is 1. The van der Waals surface area contributed by atoms with Crippen molar-refractivity contribution in [2.45, 2.75) is 58.5 Å². The average Bonchev–Trinajstić information content (AvgIpc) is 3.20. The Kier molecular flexibility index (Phi) is 8.29. The molecule has 1 aliphatic heterocycles. The molecule has 2 aromatic heterocycles. The van der Waals surface area contributed by atoms with Crippen molar-refractivity contribution in [3.63, 3.8) is 0 Å². The van der Waals surface area contributed by atoms with E-state index in [1.165, 1.54) is 5.69 Å². The highest BCUT2D eigenvalue weighted by atomic mass is 16.6. The number of carbonyl (C=O) groups excluding carboxylic acids is 1. The summed E-state index contributed by atoms with van der Waals surface area (Å²) >= 11 is 0. The highest BCUT2D eigenvalue weighted by molar-refractivity contribution is 5.89. The highest BCUT2D eigenvalue weighted by Gasteiger charge is 2.29. The van der Waals surface area contributed by atoms with Crippen LogP contribution in [0.1, 0.15) is 52.1 Å². The van der Waals surface area contributed by atoms with Crippen LogP contribution in [0.3, 0.4) is 0 Å². The van der Waals surface area contributed by atoms with Crippen LogP contribution in [0.5, 0.6) is 0 Å². The molecule has 0 spiro atoms. The molecule has 0 aliphatic carbocycles. The van der Waals surface area contributed by atoms with E-state index in [9.17, 15) is 4.79 Å².